The lowest BCUT2D eigenvalue weighted by Gasteiger charge is -2.15. The number of hydrogen-bond donors (Lipinski definition) is 3. The lowest BCUT2D eigenvalue weighted by atomic mass is 10.1. The number of rotatable bonds is 8. The molecule has 1 aliphatic rings. The highest BCUT2D eigenvalue weighted by molar-refractivity contribution is 6.00. The molecular formula is C21H25N3O5. The predicted molar refractivity (Wildman–Crippen MR) is 110 cm³/mol. The first kappa shape index (κ1) is 20.3. The highest BCUT2D eigenvalue weighted by Gasteiger charge is 2.23. The zero-order valence-electron chi connectivity index (χ0n) is 16.7. The van der Waals surface area contributed by atoms with Gasteiger partial charge in [-0.05, 0) is 30.5 Å². The van der Waals surface area contributed by atoms with Gasteiger partial charge in [0.25, 0.3) is 0 Å². The van der Waals surface area contributed by atoms with Crippen molar-refractivity contribution in [2.24, 2.45) is 0 Å². The average molecular weight is 399 g/mol. The van der Waals surface area contributed by atoms with Gasteiger partial charge < -0.3 is 30.2 Å². The van der Waals surface area contributed by atoms with Crippen LogP contribution in [0.2, 0.25) is 0 Å². The van der Waals surface area contributed by atoms with Gasteiger partial charge >= 0.3 is 6.03 Å². The van der Waals surface area contributed by atoms with Gasteiger partial charge in [0.1, 0.15) is 0 Å². The first-order valence-corrected chi connectivity index (χ1v) is 9.28. The number of benzene rings is 2. The van der Waals surface area contributed by atoms with E-state index in [9.17, 15) is 9.59 Å². The molecule has 0 radical (unpaired) electrons. The van der Waals surface area contributed by atoms with E-state index in [4.69, 9.17) is 14.2 Å². The fraction of sp³-hybridized carbons (Fsp3) is 0.333. The smallest absolute Gasteiger partial charge is 0.323 e. The van der Waals surface area contributed by atoms with Gasteiger partial charge in [-0.3, -0.25) is 4.79 Å². The van der Waals surface area contributed by atoms with Crippen LogP contribution < -0.4 is 30.2 Å². The van der Waals surface area contributed by atoms with E-state index in [0.29, 0.717) is 41.1 Å². The Labute approximate surface area is 169 Å². The Balaban J connectivity index is 1.59. The first-order chi connectivity index (χ1) is 14.0. The van der Waals surface area contributed by atoms with Crippen molar-refractivity contribution in [3.8, 4) is 17.2 Å². The summed E-state index contributed by atoms with van der Waals surface area (Å²) in [6.45, 7) is 0. The summed E-state index contributed by atoms with van der Waals surface area (Å²) < 4.78 is 15.8. The molecule has 1 saturated carbocycles. The predicted octanol–water partition coefficient (Wildman–Crippen LogP) is 3.18. The van der Waals surface area contributed by atoms with E-state index >= 15 is 0 Å². The highest BCUT2D eigenvalue weighted by atomic mass is 16.5. The van der Waals surface area contributed by atoms with Crippen molar-refractivity contribution < 1.29 is 23.8 Å². The van der Waals surface area contributed by atoms with Crippen molar-refractivity contribution in [2.45, 2.75) is 25.3 Å². The van der Waals surface area contributed by atoms with Crippen LogP contribution in [0.25, 0.3) is 0 Å². The molecule has 0 unspecified atom stereocenters. The van der Waals surface area contributed by atoms with Crippen LogP contribution in [0, 0.1) is 0 Å². The van der Waals surface area contributed by atoms with Gasteiger partial charge in [0.2, 0.25) is 11.7 Å². The number of urea groups is 1. The second-order valence-corrected chi connectivity index (χ2v) is 6.71. The van der Waals surface area contributed by atoms with E-state index in [1.165, 1.54) is 21.3 Å². The zero-order valence-corrected chi connectivity index (χ0v) is 16.7. The normalized spacial score (nSPS) is 12.7. The van der Waals surface area contributed by atoms with Crippen LogP contribution in [0.4, 0.5) is 16.2 Å². The summed E-state index contributed by atoms with van der Waals surface area (Å²) in [5, 5.41) is 8.45. The Kier molecular flexibility index (Phi) is 6.43. The first-order valence-electron chi connectivity index (χ1n) is 9.28. The summed E-state index contributed by atoms with van der Waals surface area (Å²) in [5.74, 6) is 1.35. The third kappa shape index (κ3) is 5.54. The molecule has 0 saturated heterocycles. The molecule has 0 aliphatic heterocycles. The quantitative estimate of drug-likeness (QED) is 0.633. The van der Waals surface area contributed by atoms with Crippen molar-refractivity contribution in [1.82, 2.24) is 5.32 Å². The van der Waals surface area contributed by atoms with Crippen LogP contribution in [0.5, 0.6) is 17.2 Å². The number of methoxy groups -OCH3 is 3. The molecule has 0 spiro atoms. The molecule has 3 amide bonds. The minimum atomic E-state index is -0.418. The standard InChI is InChI=1S/C21H25N3O5/c1-27-17-11-16(12-18(28-2)20(17)29-3)24-21(26)23-15-6-4-13(5-7-15)10-19(25)22-14-8-9-14/h4-7,11-12,14H,8-10H2,1-3H3,(H,22,25)(H2,23,24,26). The Morgan fingerprint density at radius 2 is 1.48 bits per heavy atom. The monoisotopic (exact) mass is 399 g/mol. The van der Waals surface area contributed by atoms with Gasteiger partial charge in [0.05, 0.1) is 33.4 Å². The molecule has 2 aromatic carbocycles. The van der Waals surface area contributed by atoms with Crippen molar-refractivity contribution in [3.05, 3.63) is 42.0 Å². The minimum absolute atomic E-state index is 0.0216. The SMILES string of the molecule is COc1cc(NC(=O)Nc2ccc(CC(=O)NC3CC3)cc2)cc(OC)c1OC. The van der Waals surface area contributed by atoms with Crippen LogP contribution in [0.15, 0.2) is 36.4 Å². The second-order valence-electron chi connectivity index (χ2n) is 6.71. The molecule has 0 heterocycles. The topological polar surface area (TPSA) is 97.9 Å². The molecule has 3 rings (SSSR count). The molecule has 8 nitrogen and oxygen atoms in total. The fourth-order valence-electron chi connectivity index (χ4n) is 2.84. The van der Waals surface area contributed by atoms with Crippen LogP contribution in [-0.4, -0.2) is 39.3 Å². The van der Waals surface area contributed by atoms with Crippen molar-refractivity contribution in [3.63, 3.8) is 0 Å². The summed E-state index contributed by atoms with van der Waals surface area (Å²) in [5.41, 5.74) is 1.99. The molecule has 154 valence electrons. The number of carbonyl (C=O) groups excluding carboxylic acids is 2. The van der Waals surface area contributed by atoms with Crippen LogP contribution in [0.3, 0.4) is 0 Å². The third-order valence-electron chi connectivity index (χ3n) is 4.44. The number of amides is 3. The van der Waals surface area contributed by atoms with E-state index in [-0.39, 0.29) is 5.91 Å². The van der Waals surface area contributed by atoms with Gasteiger partial charge in [-0.1, -0.05) is 12.1 Å². The second kappa shape index (κ2) is 9.18. The largest absolute Gasteiger partial charge is 0.493 e. The van der Waals surface area contributed by atoms with E-state index < -0.39 is 6.03 Å². The number of nitrogens with one attached hydrogen (secondary N) is 3. The summed E-state index contributed by atoms with van der Waals surface area (Å²) in [4.78, 5) is 24.2. The molecule has 2 aromatic rings. The van der Waals surface area contributed by atoms with Crippen LogP contribution in [0.1, 0.15) is 18.4 Å². The maximum Gasteiger partial charge on any atom is 0.323 e. The summed E-state index contributed by atoms with van der Waals surface area (Å²) in [7, 11) is 4.53. The summed E-state index contributed by atoms with van der Waals surface area (Å²) in [6.07, 6.45) is 2.46. The van der Waals surface area contributed by atoms with Crippen molar-refractivity contribution >= 4 is 23.3 Å². The molecular weight excluding hydrogens is 374 g/mol. The minimum Gasteiger partial charge on any atom is -0.493 e. The number of hydrogen-bond acceptors (Lipinski definition) is 5. The van der Waals surface area contributed by atoms with Gasteiger partial charge in [-0.25, -0.2) is 4.79 Å². The fourth-order valence-corrected chi connectivity index (χ4v) is 2.84. The van der Waals surface area contributed by atoms with E-state index in [1.54, 1.807) is 24.3 Å². The van der Waals surface area contributed by atoms with Crippen LogP contribution in [-0.2, 0) is 11.2 Å². The highest BCUT2D eigenvalue weighted by Crippen LogP contribution is 2.39. The Morgan fingerprint density at radius 3 is 2.00 bits per heavy atom. The molecule has 3 N–H and O–H groups in total. The van der Waals surface area contributed by atoms with E-state index in [0.717, 1.165) is 18.4 Å². The molecule has 0 bridgehead atoms. The van der Waals surface area contributed by atoms with Gasteiger partial charge in [0.15, 0.2) is 11.5 Å². The van der Waals surface area contributed by atoms with Gasteiger partial charge in [0, 0.05) is 23.9 Å². The van der Waals surface area contributed by atoms with E-state index in [1.807, 2.05) is 12.1 Å². The summed E-state index contributed by atoms with van der Waals surface area (Å²) >= 11 is 0. The number of carbonyl (C=O) groups is 2. The van der Waals surface area contributed by atoms with Gasteiger partial charge in [-0.2, -0.15) is 0 Å². The maximum atomic E-state index is 12.3. The Bertz CT molecular complexity index is 853. The van der Waals surface area contributed by atoms with Gasteiger partial charge in [-0.15, -0.1) is 0 Å². The maximum absolute atomic E-state index is 12.3. The zero-order chi connectivity index (χ0) is 20.8. The molecule has 1 fully saturated rings. The summed E-state index contributed by atoms with van der Waals surface area (Å²) in [6, 6.07) is 10.4. The molecule has 0 aromatic heterocycles. The molecule has 1 aliphatic carbocycles. The molecule has 0 atom stereocenters. The van der Waals surface area contributed by atoms with E-state index in [2.05, 4.69) is 16.0 Å². The lowest BCUT2D eigenvalue weighted by molar-refractivity contribution is -0.120. The Hall–Kier alpha value is -3.42. The number of ether oxygens (including phenoxy) is 3. The van der Waals surface area contributed by atoms with Crippen molar-refractivity contribution in [1.29, 1.82) is 0 Å². The third-order valence-corrected chi connectivity index (χ3v) is 4.44. The van der Waals surface area contributed by atoms with Crippen LogP contribution >= 0.6 is 0 Å². The average Bonchev–Trinajstić information content (AvgIpc) is 3.52. The van der Waals surface area contributed by atoms with Crippen molar-refractivity contribution in [2.75, 3.05) is 32.0 Å². The molecule has 29 heavy (non-hydrogen) atoms. The lowest BCUT2D eigenvalue weighted by Crippen LogP contribution is -2.26. The number of anilines is 2. The molecule has 8 heteroatoms. The Morgan fingerprint density at radius 1 is 0.897 bits per heavy atom.